The number of rotatable bonds is 4. The molecule has 0 saturated heterocycles. The minimum Gasteiger partial charge on any atom is -0.378 e. The monoisotopic (exact) mass is 381 g/mol. The predicted molar refractivity (Wildman–Crippen MR) is 99.2 cm³/mol. The molecule has 0 aliphatic rings. The molecule has 0 spiro atoms. The van der Waals surface area contributed by atoms with Crippen molar-refractivity contribution in [3.8, 4) is 11.5 Å². The zero-order valence-electron chi connectivity index (χ0n) is 14.1. The Kier molecular flexibility index (Phi) is 3.92. The Labute approximate surface area is 156 Å². The molecule has 4 rings (SSSR count). The van der Waals surface area contributed by atoms with E-state index >= 15 is 0 Å². The second kappa shape index (κ2) is 6.42. The Morgan fingerprint density at radius 1 is 1.07 bits per heavy atom. The van der Waals surface area contributed by atoms with Gasteiger partial charge in [0.05, 0.1) is 16.1 Å². The summed E-state index contributed by atoms with van der Waals surface area (Å²) in [7, 11) is 0. The van der Waals surface area contributed by atoms with Gasteiger partial charge < -0.3 is 16.8 Å². The number of nitrogens with two attached hydrogens (primary N) is 2. The van der Waals surface area contributed by atoms with Crippen LogP contribution in [0, 0.1) is 15.9 Å². The molecule has 0 aliphatic heterocycles. The van der Waals surface area contributed by atoms with Crippen LogP contribution in [0.15, 0.2) is 42.6 Å². The summed E-state index contributed by atoms with van der Waals surface area (Å²) < 4.78 is 15.4. The van der Waals surface area contributed by atoms with Gasteiger partial charge in [-0.1, -0.05) is 12.1 Å². The summed E-state index contributed by atoms with van der Waals surface area (Å²) >= 11 is 0. The van der Waals surface area contributed by atoms with Crippen LogP contribution < -0.4 is 16.8 Å². The zero-order chi connectivity index (χ0) is 19.8. The van der Waals surface area contributed by atoms with E-state index < -0.39 is 16.4 Å². The van der Waals surface area contributed by atoms with Gasteiger partial charge in [-0.25, -0.2) is 19.3 Å². The number of halogens is 1. The molecule has 28 heavy (non-hydrogen) atoms. The van der Waals surface area contributed by atoms with Crippen molar-refractivity contribution in [1.82, 2.24) is 24.6 Å². The van der Waals surface area contributed by atoms with Gasteiger partial charge in [-0.3, -0.25) is 10.1 Å². The van der Waals surface area contributed by atoms with Crippen LogP contribution in [-0.4, -0.2) is 29.5 Å². The van der Waals surface area contributed by atoms with Crippen molar-refractivity contribution in [1.29, 1.82) is 0 Å². The molecule has 0 atom stereocenters. The number of anilines is 4. The average Bonchev–Trinajstić information content (AvgIpc) is 3.01. The van der Waals surface area contributed by atoms with Crippen molar-refractivity contribution in [2.75, 3.05) is 16.8 Å². The van der Waals surface area contributed by atoms with Crippen molar-refractivity contribution in [3.05, 3.63) is 58.5 Å². The smallest absolute Gasteiger partial charge is 0.352 e. The summed E-state index contributed by atoms with van der Waals surface area (Å²) in [5, 5.41) is 18.1. The third kappa shape index (κ3) is 2.78. The summed E-state index contributed by atoms with van der Waals surface area (Å²) in [6.45, 7) is 0. The van der Waals surface area contributed by atoms with Crippen molar-refractivity contribution >= 4 is 34.5 Å². The molecule has 1 aromatic carbocycles. The number of nitrogens with one attached hydrogen (secondary N) is 1. The van der Waals surface area contributed by atoms with Crippen molar-refractivity contribution < 1.29 is 9.31 Å². The largest absolute Gasteiger partial charge is 0.378 e. The molecule has 0 saturated carbocycles. The standard InChI is InChI=1S/C16H12FN9O2/c17-8-4-1-2-5-9(8)21-16-22-11(10-6-3-7-20-25(10)16)15-23-13(18)12(26(27)28)14(19)24-15/h1-7H,(H,21,22)(H4,18,19,23,24). The number of nitrogen functional groups attached to an aromatic ring is 2. The van der Waals surface area contributed by atoms with E-state index in [1.54, 1.807) is 24.3 Å². The van der Waals surface area contributed by atoms with Crippen LogP contribution in [-0.2, 0) is 0 Å². The molecule has 12 heteroatoms. The van der Waals surface area contributed by atoms with Gasteiger partial charge in [0, 0.05) is 6.20 Å². The van der Waals surface area contributed by atoms with E-state index in [-0.39, 0.29) is 34.8 Å². The number of imidazole rings is 1. The fourth-order valence-electron chi connectivity index (χ4n) is 2.64. The number of benzene rings is 1. The summed E-state index contributed by atoms with van der Waals surface area (Å²) in [6, 6.07) is 9.40. The van der Waals surface area contributed by atoms with Gasteiger partial charge in [0.25, 0.3) is 0 Å². The number of para-hydroxylation sites is 1. The second-order valence-corrected chi connectivity index (χ2v) is 5.63. The third-order valence-electron chi connectivity index (χ3n) is 3.86. The summed E-state index contributed by atoms with van der Waals surface area (Å²) in [4.78, 5) is 22.6. The molecular formula is C16H12FN9O2. The Morgan fingerprint density at radius 3 is 2.46 bits per heavy atom. The van der Waals surface area contributed by atoms with Gasteiger partial charge in [0.1, 0.15) is 11.5 Å². The lowest BCUT2D eigenvalue weighted by molar-refractivity contribution is -0.383. The number of fused-ring (bicyclic) bond motifs is 1. The molecule has 3 aromatic heterocycles. The molecule has 4 aromatic rings. The maximum absolute atomic E-state index is 14.0. The molecule has 0 bridgehead atoms. The number of nitrogens with zero attached hydrogens (tertiary/aromatic N) is 6. The number of nitro groups is 1. The lowest BCUT2D eigenvalue weighted by Crippen LogP contribution is -2.07. The molecule has 0 unspecified atom stereocenters. The van der Waals surface area contributed by atoms with Gasteiger partial charge in [-0.15, -0.1) is 0 Å². The predicted octanol–water partition coefficient (Wildman–Crippen LogP) is 2.14. The van der Waals surface area contributed by atoms with Crippen LogP contribution >= 0.6 is 0 Å². The maximum atomic E-state index is 14.0. The lowest BCUT2D eigenvalue weighted by Gasteiger charge is -2.04. The molecule has 0 radical (unpaired) electrons. The summed E-state index contributed by atoms with van der Waals surface area (Å²) in [5.74, 6) is -1.08. The van der Waals surface area contributed by atoms with Gasteiger partial charge in [0.2, 0.25) is 17.6 Å². The average molecular weight is 381 g/mol. The van der Waals surface area contributed by atoms with Crippen LogP contribution in [0.1, 0.15) is 0 Å². The molecule has 5 N–H and O–H groups in total. The number of aromatic nitrogens is 5. The van der Waals surface area contributed by atoms with Crippen molar-refractivity contribution in [2.45, 2.75) is 0 Å². The molecular weight excluding hydrogens is 369 g/mol. The topological polar surface area (TPSA) is 163 Å². The van der Waals surface area contributed by atoms with E-state index in [1.807, 2.05) is 0 Å². The van der Waals surface area contributed by atoms with E-state index in [0.717, 1.165) is 0 Å². The first-order valence-electron chi connectivity index (χ1n) is 7.88. The Hall–Kier alpha value is -4.35. The Balaban J connectivity index is 1.88. The third-order valence-corrected chi connectivity index (χ3v) is 3.86. The second-order valence-electron chi connectivity index (χ2n) is 5.63. The normalized spacial score (nSPS) is 10.9. The summed E-state index contributed by atoms with van der Waals surface area (Å²) in [5.41, 5.74) is 11.6. The van der Waals surface area contributed by atoms with Crippen LogP contribution in [0.2, 0.25) is 0 Å². The van der Waals surface area contributed by atoms with Crippen LogP contribution in [0.25, 0.3) is 17.0 Å². The first-order chi connectivity index (χ1) is 13.5. The minimum atomic E-state index is -0.757. The van der Waals surface area contributed by atoms with Gasteiger partial charge in [-0.2, -0.15) is 9.61 Å². The zero-order valence-corrected chi connectivity index (χ0v) is 14.1. The minimum absolute atomic E-state index is 0.0207. The van der Waals surface area contributed by atoms with Crippen LogP contribution in [0.5, 0.6) is 0 Å². The van der Waals surface area contributed by atoms with Crippen LogP contribution in [0.4, 0.5) is 33.3 Å². The Bertz CT molecular complexity index is 1200. The van der Waals surface area contributed by atoms with Gasteiger partial charge in [-0.05, 0) is 24.3 Å². The van der Waals surface area contributed by atoms with Crippen LogP contribution in [0.3, 0.4) is 0 Å². The molecule has 0 amide bonds. The fourth-order valence-corrected chi connectivity index (χ4v) is 2.64. The molecule has 140 valence electrons. The highest BCUT2D eigenvalue weighted by Gasteiger charge is 2.24. The molecule has 0 fully saturated rings. The highest BCUT2D eigenvalue weighted by atomic mass is 19.1. The van der Waals surface area contributed by atoms with Crippen molar-refractivity contribution in [3.63, 3.8) is 0 Å². The maximum Gasteiger partial charge on any atom is 0.352 e. The number of hydrogen-bond donors (Lipinski definition) is 3. The van der Waals surface area contributed by atoms with E-state index in [1.165, 1.54) is 22.8 Å². The quantitative estimate of drug-likeness (QED) is 0.355. The molecule has 0 aliphatic carbocycles. The summed E-state index contributed by atoms with van der Waals surface area (Å²) in [6.07, 6.45) is 1.52. The molecule has 3 heterocycles. The van der Waals surface area contributed by atoms with E-state index in [2.05, 4.69) is 25.4 Å². The van der Waals surface area contributed by atoms with Gasteiger partial charge >= 0.3 is 5.69 Å². The Morgan fingerprint density at radius 2 is 1.79 bits per heavy atom. The first kappa shape index (κ1) is 17.1. The lowest BCUT2D eigenvalue weighted by atomic mass is 10.3. The SMILES string of the molecule is Nc1nc(-c2nc(Nc3ccccc3F)n3ncccc23)nc(N)c1[N+](=O)[O-]. The van der Waals surface area contributed by atoms with Crippen molar-refractivity contribution in [2.24, 2.45) is 0 Å². The van der Waals surface area contributed by atoms with Gasteiger partial charge in [0.15, 0.2) is 5.82 Å². The van der Waals surface area contributed by atoms with E-state index in [4.69, 9.17) is 11.5 Å². The number of hydrogen-bond acceptors (Lipinski definition) is 9. The highest BCUT2D eigenvalue weighted by Crippen LogP contribution is 2.31. The fraction of sp³-hybridized carbons (Fsp3) is 0. The van der Waals surface area contributed by atoms with E-state index in [9.17, 15) is 14.5 Å². The molecule has 11 nitrogen and oxygen atoms in total. The van der Waals surface area contributed by atoms with E-state index in [0.29, 0.717) is 5.52 Å². The first-order valence-corrected chi connectivity index (χ1v) is 7.88. The highest BCUT2D eigenvalue weighted by molar-refractivity contribution is 5.79.